The molecule has 2 heterocycles. The Kier molecular flexibility index (Phi) is 4.21. The summed E-state index contributed by atoms with van der Waals surface area (Å²) in [4.78, 5) is 29.3. The summed E-state index contributed by atoms with van der Waals surface area (Å²) in [6, 6.07) is 5.31. The van der Waals surface area contributed by atoms with Crippen LogP contribution >= 0.6 is 0 Å². The van der Waals surface area contributed by atoms with Crippen LogP contribution in [0.15, 0.2) is 18.2 Å². The quantitative estimate of drug-likeness (QED) is 0.820. The van der Waals surface area contributed by atoms with Crippen molar-refractivity contribution in [1.29, 1.82) is 0 Å². The van der Waals surface area contributed by atoms with Gasteiger partial charge in [-0.15, -0.1) is 0 Å². The van der Waals surface area contributed by atoms with Gasteiger partial charge in [-0.3, -0.25) is 9.59 Å². The number of rotatable bonds is 3. The number of fused-ring (bicyclic) bond motifs is 3. The van der Waals surface area contributed by atoms with Crippen molar-refractivity contribution in [2.75, 3.05) is 33.0 Å². The van der Waals surface area contributed by atoms with Crippen molar-refractivity contribution in [1.82, 2.24) is 9.80 Å². The monoisotopic (exact) mass is 370 g/mol. The summed E-state index contributed by atoms with van der Waals surface area (Å²) in [7, 11) is 0. The molecule has 0 unspecified atom stereocenters. The molecule has 6 nitrogen and oxygen atoms in total. The van der Waals surface area contributed by atoms with Crippen LogP contribution < -0.4 is 9.47 Å². The fraction of sp³-hybridized carbons (Fsp3) is 0.619. The highest BCUT2D eigenvalue weighted by Crippen LogP contribution is 2.49. The van der Waals surface area contributed by atoms with Crippen LogP contribution in [0.2, 0.25) is 0 Å². The normalized spacial score (nSPS) is 28.7. The minimum Gasteiger partial charge on any atom is -0.454 e. The molecule has 1 aromatic rings. The van der Waals surface area contributed by atoms with Crippen LogP contribution in [0.3, 0.4) is 0 Å². The highest BCUT2D eigenvalue weighted by atomic mass is 16.7. The third kappa shape index (κ3) is 3.15. The van der Waals surface area contributed by atoms with Gasteiger partial charge in [-0.25, -0.2) is 0 Å². The maximum atomic E-state index is 12.8. The van der Waals surface area contributed by atoms with Crippen LogP contribution in [-0.2, 0) is 4.79 Å². The second-order valence-electron chi connectivity index (χ2n) is 8.38. The maximum absolute atomic E-state index is 12.8. The molecular formula is C21H26N2O4. The molecule has 0 radical (unpaired) electrons. The average Bonchev–Trinajstić information content (AvgIpc) is 3.43. The van der Waals surface area contributed by atoms with E-state index in [1.807, 2.05) is 9.80 Å². The van der Waals surface area contributed by atoms with Crippen LogP contribution in [-0.4, -0.2) is 54.6 Å². The number of carbonyl (C=O) groups excluding carboxylic acids is 2. The molecule has 27 heavy (non-hydrogen) atoms. The lowest BCUT2D eigenvalue weighted by Gasteiger charge is -2.36. The predicted molar refractivity (Wildman–Crippen MR) is 98.6 cm³/mol. The lowest BCUT2D eigenvalue weighted by Crippen LogP contribution is -2.51. The molecule has 2 aliphatic heterocycles. The molecule has 1 aromatic carbocycles. The number of hydrogen-bond acceptors (Lipinski definition) is 4. The van der Waals surface area contributed by atoms with E-state index in [0.29, 0.717) is 55.6 Å². The Morgan fingerprint density at radius 1 is 0.963 bits per heavy atom. The van der Waals surface area contributed by atoms with Crippen molar-refractivity contribution in [3.63, 3.8) is 0 Å². The molecule has 3 fully saturated rings. The number of carbonyl (C=O) groups is 2. The van der Waals surface area contributed by atoms with Gasteiger partial charge in [-0.05, 0) is 55.2 Å². The summed E-state index contributed by atoms with van der Waals surface area (Å²) in [5.41, 5.74) is 0.612. The van der Waals surface area contributed by atoms with E-state index in [4.69, 9.17) is 9.47 Å². The number of nitrogens with zero attached hydrogens (tertiary/aromatic N) is 2. The first-order chi connectivity index (χ1) is 13.2. The molecule has 5 rings (SSSR count). The number of amides is 2. The van der Waals surface area contributed by atoms with Gasteiger partial charge in [0.1, 0.15) is 0 Å². The smallest absolute Gasteiger partial charge is 0.254 e. The second-order valence-corrected chi connectivity index (χ2v) is 8.38. The highest BCUT2D eigenvalue weighted by Gasteiger charge is 2.40. The van der Waals surface area contributed by atoms with E-state index in [2.05, 4.69) is 0 Å². The first kappa shape index (κ1) is 16.9. The summed E-state index contributed by atoms with van der Waals surface area (Å²) >= 11 is 0. The lowest BCUT2D eigenvalue weighted by atomic mass is 9.86. The molecule has 6 heteroatoms. The van der Waals surface area contributed by atoms with Crippen molar-refractivity contribution in [2.24, 2.45) is 17.8 Å². The Balaban J connectivity index is 1.15. The molecule has 1 saturated heterocycles. The van der Waals surface area contributed by atoms with Crippen molar-refractivity contribution in [3.05, 3.63) is 23.8 Å². The van der Waals surface area contributed by atoms with Gasteiger partial charge in [0.15, 0.2) is 11.5 Å². The molecule has 2 bridgehead atoms. The molecule has 2 aliphatic carbocycles. The molecule has 3 atom stereocenters. The number of benzene rings is 1. The molecule has 0 N–H and O–H groups in total. The van der Waals surface area contributed by atoms with Gasteiger partial charge >= 0.3 is 0 Å². The minimum atomic E-state index is -0.00602. The van der Waals surface area contributed by atoms with Crippen molar-refractivity contribution in [2.45, 2.75) is 32.1 Å². The molecule has 2 saturated carbocycles. The Labute approximate surface area is 159 Å². The summed E-state index contributed by atoms with van der Waals surface area (Å²) in [6.45, 7) is 2.66. The van der Waals surface area contributed by atoms with Gasteiger partial charge in [-0.2, -0.15) is 0 Å². The van der Waals surface area contributed by atoms with Crippen LogP contribution in [0.5, 0.6) is 11.5 Å². The number of hydrogen-bond donors (Lipinski definition) is 0. The van der Waals surface area contributed by atoms with Gasteiger partial charge in [0.05, 0.1) is 0 Å². The topological polar surface area (TPSA) is 59.1 Å². The molecule has 144 valence electrons. The molecule has 4 aliphatic rings. The largest absolute Gasteiger partial charge is 0.454 e. The molecule has 0 spiro atoms. The van der Waals surface area contributed by atoms with Crippen molar-refractivity contribution < 1.29 is 19.1 Å². The minimum absolute atomic E-state index is 0.00602. The van der Waals surface area contributed by atoms with Crippen LogP contribution in [0, 0.1) is 17.8 Å². The summed E-state index contributed by atoms with van der Waals surface area (Å²) in [5.74, 6) is 3.85. The van der Waals surface area contributed by atoms with Gasteiger partial charge in [0.25, 0.3) is 5.91 Å². The fourth-order valence-corrected chi connectivity index (χ4v) is 5.35. The van der Waals surface area contributed by atoms with Gasteiger partial charge in [0, 0.05) is 38.2 Å². The lowest BCUT2D eigenvalue weighted by molar-refractivity contribution is -0.134. The average molecular weight is 370 g/mol. The van der Waals surface area contributed by atoms with Crippen molar-refractivity contribution in [3.8, 4) is 11.5 Å². The van der Waals surface area contributed by atoms with E-state index in [1.165, 1.54) is 25.7 Å². The first-order valence-corrected chi connectivity index (χ1v) is 10.1. The first-order valence-electron chi connectivity index (χ1n) is 10.1. The zero-order valence-corrected chi connectivity index (χ0v) is 15.6. The second kappa shape index (κ2) is 6.73. The van der Waals surface area contributed by atoms with E-state index >= 15 is 0 Å². The van der Waals surface area contributed by atoms with Gasteiger partial charge in [0.2, 0.25) is 12.7 Å². The standard InChI is InChI=1S/C21H26N2O4/c24-20(12-17-10-14-1-2-15(17)9-14)22-5-7-23(8-6-22)21(25)16-3-4-18-19(11-16)27-13-26-18/h3-4,11,14-15,17H,1-2,5-10,12-13H2/t14-,15-,17-/m0/s1. The van der Waals surface area contributed by atoms with E-state index in [9.17, 15) is 9.59 Å². The van der Waals surface area contributed by atoms with Crippen LogP contribution in [0.25, 0.3) is 0 Å². The van der Waals surface area contributed by atoms with E-state index < -0.39 is 0 Å². The summed E-state index contributed by atoms with van der Waals surface area (Å²) in [6.07, 6.45) is 5.99. The molecule has 2 amide bonds. The Hall–Kier alpha value is -2.24. The number of ether oxygens (including phenoxy) is 2. The third-order valence-electron chi connectivity index (χ3n) is 6.86. The summed E-state index contributed by atoms with van der Waals surface area (Å²) < 4.78 is 10.7. The molecule has 0 aromatic heterocycles. The molecular weight excluding hydrogens is 344 g/mol. The van der Waals surface area contributed by atoms with Gasteiger partial charge < -0.3 is 19.3 Å². The Morgan fingerprint density at radius 3 is 2.48 bits per heavy atom. The predicted octanol–water partition coefficient (Wildman–Crippen LogP) is 2.53. The Morgan fingerprint density at radius 2 is 1.74 bits per heavy atom. The zero-order chi connectivity index (χ0) is 18.4. The fourth-order valence-electron chi connectivity index (χ4n) is 5.35. The van der Waals surface area contributed by atoms with E-state index in [-0.39, 0.29) is 18.6 Å². The third-order valence-corrected chi connectivity index (χ3v) is 6.86. The van der Waals surface area contributed by atoms with E-state index in [0.717, 1.165) is 11.8 Å². The van der Waals surface area contributed by atoms with Crippen LogP contribution in [0.1, 0.15) is 42.5 Å². The Bertz CT molecular complexity index is 757. The maximum Gasteiger partial charge on any atom is 0.254 e. The highest BCUT2D eigenvalue weighted by molar-refractivity contribution is 5.95. The van der Waals surface area contributed by atoms with E-state index in [1.54, 1.807) is 18.2 Å². The number of piperazine rings is 1. The van der Waals surface area contributed by atoms with Crippen LogP contribution in [0.4, 0.5) is 0 Å². The zero-order valence-electron chi connectivity index (χ0n) is 15.6. The van der Waals surface area contributed by atoms with Gasteiger partial charge in [-0.1, -0.05) is 6.42 Å². The SMILES string of the molecule is O=C(C[C@@H]1C[C@H]2CC[C@H]1C2)N1CCN(C(=O)c2ccc3c(c2)OCO3)CC1. The summed E-state index contributed by atoms with van der Waals surface area (Å²) in [5, 5.41) is 0. The van der Waals surface area contributed by atoms with Crippen molar-refractivity contribution >= 4 is 11.8 Å².